The van der Waals surface area contributed by atoms with Gasteiger partial charge in [-0.25, -0.2) is 4.98 Å². The average Bonchev–Trinajstić information content (AvgIpc) is 2.93. The van der Waals surface area contributed by atoms with Crippen LogP contribution in [0.15, 0.2) is 35.1 Å². The van der Waals surface area contributed by atoms with Crippen molar-refractivity contribution in [2.45, 2.75) is 26.7 Å². The van der Waals surface area contributed by atoms with E-state index in [0.29, 0.717) is 23.1 Å². The fourth-order valence-corrected chi connectivity index (χ4v) is 3.45. The number of H-pyrrole nitrogens is 1. The second kappa shape index (κ2) is 7.67. The maximum atomic E-state index is 12.8. The van der Waals surface area contributed by atoms with Crippen molar-refractivity contribution in [2.75, 3.05) is 11.4 Å². The fourth-order valence-electron chi connectivity index (χ4n) is 3.45. The van der Waals surface area contributed by atoms with E-state index in [4.69, 9.17) is 0 Å². The molecule has 3 aromatic rings. The minimum atomic E-state index is -1.08. The van der Waals surface area contributed by atoms with E-state index < -0.39 is 12.5 Å². The van der Waals surface area contributed by atoms with Gasteiger partial charge in [-0.2, -0.15) is 0 Å². The topological polar surface area (TPSA) is 108 Å². The van der Waals surface area contributed by atoms with Crippen LogP contribution in [0.25, 0.3) is 11.0 Å². The number of rotatable bonds is 6. The van der Waals surface area contributed by atoms with Crippen LogP contribution in [-0.2, 0) is 23.1 Å². The van der Waals surface area contributed by atoms with Gasteiger partial charge in [-0.1, -0.05) is 18.2 Å². The molecule has 0 bridgehead atoms. The smallest absolute Gasteiger partial charge is 0.323 e. The molecule has 0 saturated carbocycles. The van der Waals surface area contributed by atoms with Gasteiger partial charge in [-0.3, -0.25) is 24.2 Å². The van der Waals surface area contributed by atoms with Crippen LogP contribution in [0.4, 0.5) is 5.69 Å². The van der Waals surface area contributed by atoms with E-state index in [1.54, 1.807) is 42.1 Å². The Kier molecular flexibility index (Phi) is 5.30. The number of nitrogens with one attached hydrogen (secondary N) is 1. The average molecular weight is 382 g/mol. The molecule has 0 aliphatic rings. The number of aliphatic carboxylic acids is 1. The Hall–Kier alpha value is -3.42. The van der Waals surface area contributed by atoms with E-state index in [0.717, 1.165) is 16.8 Å². The summed E-state index contributed by atoms with van der Waals surface area (Å²) in [5, 5.41) is 12.4. The fraction of sp³-hybridized carbons (Fsp3) is 0.300. The highest BCUT2D eigenvalue weighted by Crippen LogP contribution is 2.22. The lowest BCUT2D eigenvalue weighted by Crippen LogP contribution is -2.35. The van der Waals surface area contributed by atoms with Crippen LogP contribution in [0.2, 0.25) is 0 Å². The summed E-state index contributed by atoms with van der Waals surface area (Å²) in [6.07, 6.45) is 0.485. The quantitative estimate of drug-likeness (QED) is 0.677. The Bertz CT molecular complexity index is 1100. The number of aromatic nitrogens is 3. The van der Waals surface area contributed by atoms with Crippen molar-refractivity contribution in [1.29, 1.82) is 0 Å². The first-order valence-electron chi connectivity index (χ1n) is 8.91. The van der Waals surface area contributed by atoms with E-state index >= 15 is 0 Å². The lowest BCUT2D eigenvalue weighted by molar-refractivity contribution is -0.136. The molecule has 1 aromatic carbocycles. The van der Waals surface area contributed by atoms with E-state index in [9.17, 15) is 19.5 Å². The second-order valence-corrected chi connectivity index (χ2v) is 6.71. The number of hydrogen-bond donors (Lipinski definition) is 2. The molecule has 0 aliphatic heterocycles. The SMILES string of the molecule is Cc1nc2c(c(C)c1CCC(=O)N(CC(=O)O)c1ccccc1)c(=O)[nH]n2C. The third kappa shape index (κ3) is 3.66. The number of fused-ring (bicyclic) bond motifs is 1. The lowest BCUT2D eigenvalue weighted by atomic mass is 10.00. The van der Waals surface area contributed by atoms with E-state index in [1.165, 1.54) is 4.90 Å². The number of amides is 1. The molecule has 1 amide bonds. The Morgan fingerprint density at radius 1 is 1.21 bits per heavy atom. The lowest BCUT2D eigenvalue weighted by Gasteiger charge is -2.21. The minimum Gasteiger partial charge on any atom is -0.480 e. The summed E-state index contributed by atoms with van der Waals surface area (Å²) in [7, 11) is 1.72. The number of aromatic amines is 1. The third-order valence-corrected chi connectivity index (χ3v) is 4.83. The van der Waals surface area contributed by atoms with Gasteiger partial charge in [0.25, 0.3) is 5.56 Å². The molecule has 8 heteroatoms. The normalized spacial score (nSPS) is 11.0. The maximum Gasteiger partial charge on any atom is 0.323 e. The number of carboxylic acids is 1. The van der Waals surface area contributed by atoms with Gasteiger partial charge in [0.2, 0.25) is 5.91 Å². The van der Waals surface area contributed by atoms with Gasteiger partial charge in [0.05, 0.1) is 5.39 Å². The summed E-state index contributed by atoms with van der Waals surface area (Å²) < 4.78 is 1.58. The molecule has 2 N–H and O–H groups in total. The van der Waals surface area contributed by atoms with E-state index in [2.05, 4.69) is 10.1 Å². The summed E-state index contributed by atoms with van der Waals surface area (Å²) in [4.78, 5) is 41.9. The third-order valence-electron chi connectivity index (χ3n) is 4.83. The van der Waals surface area contributed by atoms with Crippen LogP contribution in [0, 0.1) is 13.8 Å². The molecule has 0 spiro atoms. The van der Waals surface area contributed by atoms with Crippen LogP contribution < -0.4 is 10.5 Å². The molecule has 0 saturated heterocycles. The number of benzene rings is 1. The zero-order valence-electron chi connectivity index (χ0n) is 16.0. The molecule has 0 aliphatic carbocycles. The first-order valence-corrected chi connectivity index (χ1v) is 8.91. The highest BCUT2D eigenvalue weighted by Gasteiger charge is 2.21. The van der Waals surface area contributed by atoms with Crippen molar-refractivity contribution < 1.29 is 14.7 Å². The number of para-hydroxylation sites is 1. The summed E-state index contributed by atoms with van der Waals surface area (Å²) >= 11 is 0. The molecule has 146 valence electrons. The Labute approximate surface area is 161 Å². The van der Waals surface area contributed by atoms with Crippen molar-refractivity contribution in [2.24, 2.45) is 7.05 Å². The molecule has 3 rings (SSSR count). The molecule has 0 atom stereocenters. The zero-order valence-corrected chi connectivity index (χ0v) is 16.0. The van der Waals surface area contributed by atoms with Gasteiger partial charge in [0, 0.05) is 24.8 Å². The van der Waals surface area contributed by atoms with Crippen LogP contribution in [0.1, 0.15) is 23.2 Å². The highest BCUT2D eigenvalue weighted by atomic mass is 16.4. The zero-order chi connectivity index (χ0) is 20.4. The number of anilines is 1. The van der Waals surface area contributed by atoms with E-state index in [-0.39, 0.29) is 17.9 Å². The van der Waals surface area contributed by atoms with Crippen molar-refractivity contribution in [3.8, 4) is 0 Å². The number of nitrogens with zero attached hydrogens (tertiary/aromatic N) is 3. The summed E-state index contributed by atoms with van der Waals surface area (Å²) in [6.45, 7) is 3.28. The maximum absolute atomic E-state index is 12.8. The predicted molar refractivity (Wildman–Crippen MR) is 106 cm³/mol. The summed E-state index contributed by atoms with van der Waals surface area (Å²) in [5.74, 6) is -1.38. The Balaban J connectivity index is 1.88. The van der Waals surface area contributed by atoms with Crippen molar-refractivity contribution in [3.05, 3.63) is 57.5 Å². The number of pyridine rings is 1. The molecule has 0 fully saturated rings. The van der Waals surface area contributed by atoms with Gasteiger partial charge >= 0.3 is 5.97 Å². The number of aryl methyl sites for hydroxylation is 3. The van der Waals surface area contributed by atoms with Gasteiger partial charge in [0.15, 0.2) is 5.65 Å². The van der Waals surface area contributed by atoms with Gasteiger partial charge in [-0.15, -0.1) is 0 Å². The molecule has 8 nitrogen and oxygen atoms in total. The summed E-state index contributed by atoms with van der Waals surface area (Å²) in [5.41, 5.74) is 3.27. The largest absolute Gasteiger partial charge is 0.480 e. The molecule has 2 aromatic heterocycles. The first kappa shape index (κ1) is 19.3. The standard InChI is InChI=1S/C20H22N4O4/c1-12-15(13(2)21-19-18(12)20(28)22-23(19)3)9-10-16(25)24(11-17(26)27)14-7-5-4-6-8-14/h4-8H,9-11H2,1-3H3,(H,22,28)(H,26,27). The first-order chi connectivity index (χ1) is 13.3. The second-order valence-electron chi connectivity index (χ2n) is 6.71. The van der Waals surface area contributed by atoms with E-state index in [1.807, 2.05) is 13.8 Å². The number of carboxylic acid groups (broad SMARTS) is 1. The Morgan fingerprint density at radius 3 is 2.54 bits per heavy atom. The molecule has 0 unspecified atom stereocenters. The minimum absolute atomic E-state index is 0.113. The molecule has 0 radical (unpaired) electrons. The van der Waals surface area contributed by atoms with Gasteiger partial charge in [0.1, 0.15) is 6.54 Å². The number of hydrogen-bond acceptors (Lipinski definition) is 4. The predicted octanol–water partition coefficient (Wildman–Crippen LogP) is 1.93. The van der Waals surface area contributed by atoms with Gasteiger partial charge in [-0.05, 0) is 43.5 Å². The van der Waals surface area contributed by atoms with Crippen molar-refractivity contribution >= 4 is 28.6 Å². The Morgan fingerprint density at radius 2 is 1.89 bits per heavy atom. The molecule has 28 heavy (non-hydrogen) atoms. The molecular formula is C20H22N4O4. The van der Waals surface area contributed by atoms with Crippen molar-refractivity contribution in [3.63, 3.8) is 0 Å². The molecule has 2 heterocycles. The number of carbonyl (C=O) groups is 2. The van der Waals surface area contributed by atoms with Crippen LogP contribution >= 0.6 is 0 Å². The van der Waals surface area contributed by atoms with Crippen LogP contribution in [-0.4, -0.2) is 38.3 Å². The monoisotopic (exact) mass is 382 g/mol. The van der Waals surface area contributed by atoms with Crippen LogP contribution in [0.3, 0.4) is 0 Å². The molecular weight excluding hydrogens is 360 g/mol. The van der Waals surface area contributed by atoms with Crippen LogP contribution in [0.5, 0.6) is 0 Å². The number of carbonyl (C=O) groups excluding carboxylic acids is 1. The van der Waals surface area contributed by atoms with Crippen molar-refractivity contribution in [1.82, 2.24) is 14.8 Å². The summed E-state index contributed by atoms with van der Waals surface area (Å²) in [6, 6.07) is 8.72. The highest BCUT2D eigenvalue weighted by molar-refractivity contribution is 5.97. The van der Waals surface area contributed by atoms with Gasteiger partial charge < -0.3 is 10.0 Å².